The van der Waals surface area contributed by atoms with Crippen LogP contribution in [-0.2, 0) is 19.0 Å². The second kappa shape index (κ2) is 9.00. The van der Waals surface area contributed by atoms with Crippen molar-refractivity contribution in [3.63, 3.8) is 0 Å². The zero-order chi connectivity index (χ0) is 20.9. The summed E-state index contributed by atoms with van der Waals surface area (Å²) in [7, 11) is 0. The minimum Gasteiger partial charge on any atom is -0.473 e. The lowest BCUT2D eigenvalue weighted by atomic mass is 10.1. The van der Waals surface area contributed by atoms with Crippen molar-refractivity contribution >= 4 is 28.4 Å². The van der Waals surface area contributed by atoms with Gasteiger partial charge >= 0.3 is 12.4 Å². The highest BCUT2D eigenvalue weighted by Crippen LogP contribution is 2.41. The summed E-state index contributed by atoms with van der Waals surface area (Å²) in [6.07, 6.45) is -10.4. The van der Waals surface area contributed by atoms with Crippen molar-refractivity contribution < 1.29 is 31.1 Å². The summed E-state index contributed by atoms with van der Waals surface area (Å²) in [6, 6.07) is 8.54. The van der Waals surface area contributed by atoms with Gasteiger partial charge in [0.2, 0.25) is 5.88 Å². The third kappa shape index (κ3) is 5.75. The quantitative estimate of drug-likeness (QED) is 0.314. The molecule has 0 unspecified atom stereocenters. The fourth-order valence-corrected chi connectivity index (χ4v) is 2.54. The zero-order valence-corrected chi connectivity index (χ0v) is 15.4. The van der Waals surface area contributed by atoms with E-state index in [0.29, 0.717) is 11.6 Å². The average molecular weight is 445 g/mol. The molecular formula is C17H12Cl2F6N2O. The first-order valence-corrected chi connectivity index (χ1v) is 8.57. The van der Waals surface area contributed by atoms with Crippen molar-refractivity contribution in [2.75, 3.05) is 12.4 Å². The van der Waals surface area contributed by atoms with E-state index >= 15 is 0 Å². The van der Waals surface area contributed by atoms with Gasteiger partial charge in [0.1, 0.15) is 11.8 Å². The summed E-state index contributed by atoms with van der Waals surface area (Å²) in [5.41, 5.74) is -4.31. The summed E-state index contributed by atoms with van der Waals surface area (Å²) in [4.78, 5) is 6.67. The number of halogens is 8. The van der Waals surface area contributed by atoms with Gasteiger partial charge in [-0.25, -0.2) is 4.98 Å². The van der Waals surface area contributed by atoms with Crippen molar-refractivity contribution in [2.24, 2.45) is 4.99 Å². The van der Waals surface area contributed by atoms with Gasteiger partial charge < -0.3 is 4.74 Å². The molecule has 0 aliphatic carbocycles. The van der Waals surface area contributed by atoms with Crippen LogP contribution in [0.15, 0.2) is 41.4 Å². The van der Waals surface area contributed by atoms with E-state index < -0.39 is 40.2 Å². The first-order valence-electron chi connectivity index (χ1n) is 7.66. The summed E-state index contributed by atoms with van der Waals surface area (Å²) in [5, 5.41) is -0.984. The lowest BCUT2D eigenvalue weighted by Crippen LogP contribution is -2.21. The molecule has 0 amide bonds. The van der Waals surface area contributed by atoms with Crippen LogP contribution >= 0.6 is 23.2 Å². The lowest BCUT2D eigenvalue weighted by molar-refractivity contribution is -0.146. The SMILES string of the molecule is FC(F)(F)c1cc(OCc2ccccc2)nc(C(F)(F)F)c1C(Cl)=NCCCl. The van der Waals surface area contributed by atoms with Gasteiger partial charge in [-0.3, -0.25) is 4.99 Å². The standard InChI is InChI=1S/C17H12Cl2F6N2O/c18-6-7-26-15(19)13-11(16(20,21)22)8-12(27-14(13)17(23,24)25)28-9-10-4-2-1-3-5-10/h1-5,8H,6-7,9H2. The molecule has 0 bridgehead atoms. The molecule has 0 spiro atoms. The van der Waals surface area contributed by atoms with Gasteiger partial charge in [0.25, 0.3) is 0 Å². The maximum atomic E-state index is 13.5. The van der Waals surface area contributed by atoms with E-state index in [0.717, 1.165) is 0 Å². The van der Waals surface area contributed by atoms with Crippen molar-refractivity contribution in [3.05, 3.63) is 58.8 Å². The van der Waals surface area contributed by atoms with Gasteiger partial charge in [-0.2, -0.15) is 26.3 Å². The Morgan fingerprint density at radius 3 is 2.21 bits per heavy atom. The summed E-state index contributed by atoms with van der Waals surface area (Å²) < 4.78 is 85.7. The van der Waals surface area contributed by atoms with Crippen LogP contribution in [-0.4, -0.2) is 22.6 Å². The average Bonchev–Trinajstić information content (AvgIpc) is 2.63. The van der Waals surface area contributed by atoms with Crippen molar-refractivity contribution in [2.45, 2.75) is 19.0 Å². The van der Waals surface area contributed by atoms with Crippen molar-refractivity contribution in [1.82, 2.24) is 4.98 Å². The molecule has 0 fully saturated rings. The van der Waals surface area contributed by atoms with E-state index in [4.69, 9.17) is 27.9 Å². The van der Waals surface area contributed by atoms with Gasteiger partial charge in [-0.15, -0.1) is 11.6 Å². The zero-order valence-electron chi connectivity index (χ0n) is 13.9. The molecular weight excluding hydrogens is 433 g/mol. The fourth-order valence-electron chi connectivity index (χ4n) is 2.18. The Morgan fingerprint density at radius 1 is 1.04 bits per heavy atom. The first kappa shape index (κ1) is 22.3. The summed E-state index contributed by atoms with van der Waals surface area (Å²) >= 11 is 11.0. The fraction of sp³-hybridized carbons (Fsp3) is 0.294. The Labute approximate surface area is 166 Å². The van der Waals surface area contributed by atoms with E-state index in [1.165, 1.54) is 0 Å². The number of hydrogen-bond donors (Lipinski definition) is 0. The van der Waals surface area contributed by atoms with Crippen LogP contribution < -0.4 is 4.74 Å². The molecule has 0 N–H and O–H groups in total. The Kier molecular flexibility index (Phi) is 7.16. The maximum Gasteiger partial charge on any atom is 0.434 e. The molecule has 11 heteroatoms. The second-order valence-corrected chi connectivity index (χ2v) is 6.10. The number of alkyl halides is 7. The van der Waals surface area contributed by atoms with E-state index in [-0.39, 0.29) is 19.0 Å². The highest BCUT2D eigenvalue weighted by molar-refractivity contribution is 6.70. The van der Waals surface area contributed by atoms with Crippen LogP contribution in [0.5, 0.6) is 5.88 Å². The molecule has 0 saturated heterocycles. The van der Waals surface area contributed by atoms with Crippen LogP contribution in [0.25, 0.3) is 0 Å². The number of aromatic nitrogens is 1. The molecule has 1 heterocycles. The highest BCUT2D eigenvalue weighted by Gasteiger charge is 2.44. The molecule has 0 aliphatic heterocycles. The topological polar surface area (TPSA) is 34.5 Å². The number of ether oxygens (including phenoxy) is 1. The van der Waals surface area contributed by atoms with E-state index in [2.05, 4.69) is 9.98 Å². The monoisotopic (exact) mass is 444 g/mol. The van der Waals surface area contributed by atoms with E-state index in [9.17, 15) is 26.3 Å². The van der Waals surface area contributed by atoms with Crippen molar-refractivity contribution in [3.8, 4) is 5.88 Å². The van der Waals surface area contributed by atoms with Crippen LogP contribution in [0.4, 0.5) is 26.3 Å². The third-order valence-electron chi connectivity index (χ3n) is 3.34. The largest absolute Gasteiger partial charge is 0.473 e. The van der Waals surface area contributed by atoms with Gasteiger partial charge in [0.05, 0.1) is 17.7 Å². The molecule has 3 nitrogen and oxygen atoms in total. The maximum absolute atomic E-state index is 13.5. The second-order valence-electron chi connectivity index (χ2n) is 5.36. The Bertz CT molecular complexity index is 803. The lowest BCUT2D eigenvalue weighted by Gasteiger charge is -2.19. The number of nitrogens with zero attached hydrogens (tertiary/aromatic N) is 2. The number of pyridine rings is 1. The Balaban J connectivity index is 2.58. The van der Waals surface area contributed by atoms with Crippen LogP contribution in [0.3, 0.4) is 0 Å². The first-order chi connectivity index (χ1) is 13.0. The predicted molar refractivity (Wildman–Crippen MR) is 93.0 cm³/mol. The van der Waals surface area contributed by atoms with E-state index in [1.54, 1.807) is 30.3 Å². The Morgan fingerprint density at radius 2 is 1.68 bits per heavy atom. The number of aliphatic imine (C=N–C) groups is 1. The molecule has 2 rings (SSSR count). The van der Waals surface area contributed by atoms with Gasteiger partial charge in [-0.1, -0.05) is 41.9 Å². The number of rotatable bonds is 6. The van der Waals surface area contributed by atoms with Crippen LogP contribution in [0.1, 0.15) is 22.4 Å². The summed E-state index contributed by atoms with van der Waals surface area (Å²) in [5.74, 6) is -0.973. The van der Waals surface area contributed by atoms with Gasteiger partial charge in [0.15, 0.2) is 5.69 Å². The summed E-state index contributed by atoms with van der Waals surface area (Å²) in [6.45, 7) is -0.531. The van der Waals surface area contributed by atoms with E-state index in [1.807, 2.05) is 0 Å². The van der Waals surface area contributed by atoms with Crippen LogP contribution in [0.2, 0.25) is 0 Å². The predicted octanol–water partition coefficient (Wildman–Crippen LogP) is 5.92. The molecule has 1 aromatic carbocycles. The van der Waals surface area contributed by atoms with Crippen molar-refractivity contribution in [1.29, 1.82) is 0 Å². The minimum absolute atomic E-state index is 0.134. The molecule has 2 aromatic rings. The van der Waals surface area contributed by atoms with Gasteiger partial charge in [-0.05, 0) is 5.56 Å². The molecule has 0 aliphatic rings. The van der Waals surface area contributed by atoms with Crippen LogP contribution in [0, 0.1) is 0 Å². The minimum atomic E-state index is -5.22. The number of hydrogen-bond acceptors (Lipinski definition) is 3. The molecule has 0 atom stereocenters. The molecule has 0 radical (unpaired) electrons. The highest BCUT2D eigenvalue weighted by atomic mass is 35.5. The Hall–Kier alpha value is -2.00. The third-order valence-corrected chi connectivity index (χ3v) is 3.82. The molecule has 28 heavy (non-hydrogen) atoms. The molecule has 0 saturated carbocycles. The normalized spacial score (nSPS) is 12.9. The molecule has 1 aromatic heterocycles. The smallest absolute Gasteiger partial charge is 0.434 e. The number of benzene rings is 1. The van der Waals surface area contributed by atoms with Gasteiger partial charge in [0, 0.05) is 11.9 Å². The molecule has 152 valence electrons.